The second-order valence-corrected chi connectivity index (χ2v) is 6.50. The Kier molecular flexibility index (Phi) is 6.11. The minimum absolute atomic E-state index is 0.00467. The minimum Gasteiger partial charge on any atom is -0.493 e. The first-order chi connectivity index (χ1) is 8.96. The van der Waals surface area contributed by atoms with Gasteiger partial charge in [-0.05, 0) is 24.2 Å². The fourth-order valence-corrected chi connectivity index (χ4v) is 1.90. The summed E-state index contributed by atoms with van der Waals surface area (Å²) < 4.78 is 32.7. The Morgan fingerprint density at radius 2 is 2.00 bits per heavy atom. The molecule has 0 aromatic heterocycles. The van der Waals surface area contributed by atoms with Crippen LogP contribution >= 0.6 is 0 Å². The number of benzene rings is 1. The van der Waals surface area contributed by atoms with E-state index in [-0.39, 0.29) is 12.4 Å². The summed E-state index contributed by atoms with van der Waals surface area (Å²) in [4.78, 5) is 0. The topological polar surface area (TPSA) is 64.6 Å². The van der Waals surface area contributed by atoms with Crippen LogP contribution in [0, 0.1) is 0 Å². The summed E-state index contributed by atoms with van der Waals surface area (Å²) in [7, 11) is -1.44. The zero-order valence-corrected chi connectivity index (χ0v) is 12.4. The zero-order valence-electron chi connectivity index (χ0n) is 11.6. The maximum Gasteiger partial charge on any atom is 0.161 e. The number of hydrogen-bond donors (Lipinski definition) is 1. The van der Waals surface area contributed by atoms with Gasteiger partial charge in [-0.1, -0.05) is 13.0 Å². The lowest BCUT2D eigenvalue weighted by atomic mass is 10.2. The quantitative estimate of drug-likeness (QED) is 0.779. The van der Waals surface area contributed by atoms with E-state index in [2.05, 4.69) is 5.32 Å². The highest BCUT2D eigenvalue weighted by atomic mass is 32.2. The summed E-state index contributed by atoms with van der Waals surface area (Å²) in [6, 6.07) is 5.62. The van der Waals surface area contributed by atoms with Crippen LogP contribution in [-0.2, 0) is 16.4 Å². The summed E-state index contributed by atoms with van der Waals surface area (Å²) in [6.45, 7) is 3.83. The fourth-order valence-electron chi connectivity index (χ4n) is 1.51. The molecule has 0 radical (unpaired) electrons. The lowest BCUT2D eigenvalue weighted by molar-refractivity contribution is 0.311. The molecule has 0 saturated carbocycles. The molecule has 1 aromatic rings. The van der Waals surface area contributed by atoms with Gasteiger partial charge in [-0.15, -0.1) is 0 Å². The fraction of sp³-hybridized carbons (Fsp3) is 0.538. The molecule has 1 rings (SSSR count). The first-order valence-corrected chi connectivity index (χ1v) is 8.20. The second kappa shape index (κ2) is 7.35. The van der Waals surface area contributed by atoms with E-state index in [1.807, 2.05) is 19.1 Å². The van der Waals surface area contributed by atoms with Crippen molar-refractivity contribution >= 4 is 9.84 Å². The molecule has 0 aliphatic carbocycles. The molecular formula is C13H21NO4S. The Morgan fingerprint density at radius 3 is 2.58 bits per heavy atom. The van der Waals surface area contributed by atoms with E-state index in [4.69, 9.17) is 9.47 Å². The van der Waals surface area contributed by atoms with Gasteiger partial charge in [0.1, 0.15) is 6.61 Å². The molecule has 0 atom stereocenters. The van der Waals surface area contributed by atoms with Crippen molar-refractivity contribution in [2.24, 2.45) is 0 Å². The maximum absolute atomic E-state index is 11.0. The molecule has 19 heavy (non-hydrogen) atoms. The van der Waals surface area contributed by atoms with Crippen molar-refractivity contribution in [2.45, 2.75) is 13.5 Å². The Morgan fingerprint density at radius 1 is 1.26 bits per heavy atom. The zero-order chi connectivity index (χ0) is 14.3. The normalized spacial score (nSPS) is 11.3. The van der Waals surface area contributed by atoms with E-state index in [9.17, 15) is 8.42 Å². The number of hydrogen-bond acceptors (Lipinski definition) is 5. The Labute approximate surface area is 114 Å². The van der Waals surface area contributed by atoms with E-state index < -0.39 is 9.84 Å². The SMILES string of the molecule is CCNCc1ccc(OCCS(C)(=O)=O)c(OC)c1. The maximum atomic E-state index is 11.0. The van der Waals surface area contributed by atoms with Crippen LogP contribution in [0.25, 0.3) is 0 Å². The van der Waals surface area contributed by atoms with Gasteiger partial charge in [-0.3, -0.25) is 0 Å². The predicted octanol–water partition coefficient (Wildman–Crippen LogP) is 1.23. The van der Waals surface area contributed by atoms with Gasteiger partial charge in [0.25, 0.3) is 0 Å². The second-order valence-electron chi connectivity index (χ2n) is 4.24. The van der Waals surface area contributed by atoms with Crippen LogP contribution in [0.5, 0.6) is 11.5 Å². The van der Waals surface area contributed by atoms with Gasteiger partial charge in [0.15, 0.2) is 21.3 Å². The van der Waals surface area contributed by atoms with E-state index in [1.165, 1.54) is 6.26 Å². The highest BCUT2D eigenvalue weighted by Gasteiger charge is 2.08. The predicted molar refractivity (Wildman–Crippen MR) is 75.6 cm³/mol. The first kappa shape index (κ1) is 15.8. The van der Waals surface area contributed by atoms with Crippen LogP contribution in [0.4, 0.5) is 0 Å². The van der Waals surface area contributed by atoms with Gasteiger partial charge in [0.05, 0.1) is 12.9 Å². The van der Waals surface area contributed by atoms with Crippen molar-refractivity contribution in [2.75, 3.05) is 32.3 Å². The first-order valence-electron chi connectivity index (χ1n) is 6.14. The monoisotopic (exact) mass is 287 g/mol. The molecule has 0 fully saturated rings. The van der Waals surface area contributed by atoms with E-state index in [1.54, 1.807) is 13.2 Å². The average Bonchev–Trinajstić information content (AvgIpc) is 2.35. The standard InChI is InChI=1S/C13H21NO4S/c1-4-14-10-11-5-6-12(13(9-11)17-2)18-7-8-19(3,15)16/h5-6,9,14H,4,7-8,10H2,1-3H3. The summed E-state index contributed by atoms with van der Waals surface area (Å²) >= 11 is 0. The third-order valence-corrected chi connectivity index (χ3v) is 3.43. The molecule has 5 nitrogen and oxygen atoms in total. The van der Waals surface area contributed by atoms with Crippen molar-refractivity contribution < 1.29 is 17.9 Å². The van der Waals surface area contributed by atoms with Crippen molar-refractivity contribution in [1.82, 2.24) is 5.32 Å². The van der Waals surface area contributed by atoms with Crippen LogP contribution in [-0.4, -0.2) is 40.7 Å². The molecule has 108 valence electrons. The number of ether oxygens (including phenoxy) is 2. The number of rotatable bonds is 8. The Hall–Kier alpha value is -1.27. The van der Waals surface area contributed by atoms with Crippen molar-refractivity contribution in [3.8, 4) is 11.5 Å². The van der Waals surface area contributed by atoms with Gasteiger partial charge in [-0.2, -0.15) is 0 Å². The van der Waals surface area contributed by atoms with Gasteiger partial charge in [0.2, 0.25) is 0 Å². The lowest BCUT2D eigenvalue weighted by Gasteiger charge is -2.12. The van der Waals surface area contributed by atoms with Crippen molar-refractivity contribution in [3.63, 3.8) is 0 Å². The van der Waals surface area contributed by atoms with Gasteiger partial charge >= 0.3 is 0 Å². The Balaban J connectivity index is 2.67. The third-order valence-electron chi connectivity index (χ3n) is 2.52. The molecule has 0 aliphatic heterocycles. The highest BCUT2D eigenvalue weighted by molar-refractivity contribution is 7.90. The summed E-state index contributed by atoms with van der Waals surface area (Å²) in [5, 5.41) is 3.22. The molecule has 0 bridgehead atoms. The molecule has 0 spiro atoms. The molecule has 0 unspecified atom stereocenters. The molecule has 0 saturated heterocycles. The summed E-state index contributed by atoms with van der Waals surface area (Å²) in [6.07, 6.45) is 1.19. The largest absolute Gasteiger partial charge is 0.493 e. The van der Waals surface area contributed by atoms with Gasteiger partial charge < -0.3 is 14.8 Å². The van der Waals surface area contributed by atoms with E-state index in [0.717, 1.165) is 18.7 Å². The Bertz CT molecular complexity index is 499. The van der Waals surface area contributed by atoms with Gasteiger partial charge in [-0.25, -0.2) is 8.42 Å². The number of nitrogens with one attached hydrogen (secondary N) is 1. The van der Waals surface area contributed by atoms with Crippen LogP contribution in [0.2, 0.25) is 0 Å². The van der Waals surface area contributed by atoms with Crippen LogP contribution in [0.15, 0.2) is 18.2 Å². The highest BCUT2D eigenvalue weighted by Crippen LogP contribution is 2.28. The smallest absolute Gasteiger partial charge is 0.161 e. The van der Waals surface area contributed by atoms with Crippen LogP contribution in [0.1, 0.15) is 12.5 Å². The third kappa shape index (κ3) is 5.94. The summed E-state index contributed by atoms with van der Waals surface area (Å²) in [5.74, 6) is 1.17. The van der Waals surface area contributed by atoms with Crippen molar-refractivity contribution in [1.29, 1.82) is 0 Å². The lowest BCUT2D eigenvalue weighted by Crippen LogP contribution is -2.13. The molecule has 6 heteroatoms. The van der Waals surface area contributed by atoms with E-state index >= 15 is 0 Å². The minimum atomic E-state index is -3.01. The molecule has 0 heterocycles. The molecule has 0 aliphatic rings. The number of methoxy groups -OCH3 is 1. The molecule has 1 aromatic carbocycles. The average molecular weight is 287 g/mol. The van der Waals surface area contributed by atoms with Gasteiger partial charge in [0, 0.05) is 12.8 Å². The molecule has 1 N–H and O–H groups in total. The number of sulfone groups is 1. The van der Waals surface area contributed by atoms with E-state index in [0.29, 0.717) is 11.5 Å². The molecule has 0 amide bonds. The van der Waals surface area contributed by atoms with Crippen LogP contribution in [0.3, 0.4) is 0 Å². The summed E-state index contributed by atoms with van der Waals surface area (Å²) in [5.41, 5.74) is 1.09. The van der Waals surface area contributed by atoms with Crippen LogP contribution < -0.4 is 14.8 Å². The van der Waals surface area contributed by atoms with Crippen molar-refractivity contribution in [3.05, 3.63) is 23.8 Å². The molecular weight excluding hydrogens is 266 g/mol.